The van der Waals surface area contributed by atoms with Gasteiger partial charge in [0.25, 0.3) is 5.91 Å². The molecule has 0 saturated heterocycles. The number of likely N-dealkylation sites (N-methyl/N-ethyl adjacent to an activating group) is 1. The summed E-state index contributed by atoms with van der Waals surface area (Å²) < 4.78 is 5.34. The molecule has 3 aromatic rings. The van der Waals surface area contributed by atoms with Gasteiger partial charge in [0.1, 0.15) is 5.69 Å². The maximum atomic E-state index is 13.1. The van der Waals surface area contributed by atoms with E-state index in [9.17, 15) is 4.79 Å². The molecule has 0 saturated carbocycles. The SMILES string of the molecule is COCC(C(C)C)N(C)C(=O)c1ccc2cc(-c3n[nH]c4c3CCC(C)(C)C4)[nH]c2c1. The first-order valence-corrected chi connectivity index (χ1v) is 11.2. The lowest BCUT2D eigenvalue weighted by Gasteiger charge is -2.30. The highest BCUT2D eigenvalue weighted by molar-refractivity contribution is 5.98. The third-order valence-electron chi connectivity index (χ3n) is 6.71. The van der Waals surface area contributed by atoms with Gasteiger partial charge in [-0.15, -0.1) is 0 Å². The molecular weight excluding hydrogens is 388 g/mol. The number of H-pyrrole nitrogens is 2. The molecule has 0 spiro atoms. The average molecular weight is 423 g/mol. The zero-order valence-electron chi connectivity index (χ0n) is 19.5. The summed E-state index contributed by atoms with van der Waals surface area (Å²) in [6, 6.07) is 8.03. The number of nitrogens with one attached hydrogen (secondary N) is 2. The summed E-state index contributed by atoms with van der Waals surface area (Å²) in [6.07, 6.45) is 3.23. The van der Waals surface area contributed by atoms with Crippen LogP contribution in [0.4, 0.5) is 0 Å². The lowest BCUT2D eigenvalue weighted by atomic mass is 9.76. The fraction of sp³-hybridized carbons (Fsp3) is 0.520. The van der Waals surface area contributed by atoms with E-state index < -0.39 is 0 Å². The van der Waals surface area contributed by atoms with Gasteiger partial charge in [-0.2, -0.15) is 5.10 Å². The van der Waals surface area contributed by atoms with Crippen LogP contribution in [0, 0.1) is 11.3 Å². The van der Waals surface area contributed by atoms with E-state index >= 15 is 0 Å². The summed E-state index contributed by atoms with van der Waals surface area (Å²) in [7, 11) is 3.53. The summed E-state index contributed by atoms with van der Waals surface area (Å²) in [6.45, 7) is 9.37. The van der Waals surface area contributed by atoms with Crippen LogP contribution in [0.5, 0.6) is 0 Å². The van der Waals surface area contributed by atoms with Gasteiger partial charge in [-0.1, -0.05) is 33.8 Å². The predicted octanol–water partition coefficient (Wildman–Crippen LogP) is 4.82. The minimum Gasteiger partial charge on any atom is -0.383 e. The monoisotopic (exact) mass is 422 g/mol. The van der Waals surface area contributed by atoms with Crippen molar-refractivity contribution < 1.29 is 9.53 Å². The Labute approximate surface area is 184 Å². The maximum Gasteiger partial charge on any atom is 0.254 e. The number of methoxy groups -OCH3 is 1. The first-order valence-electron chi connectivity index (χ1n) is 11.2. The summed E-state index contributed by atoms with van der Waals surface area (Å²) in [5.74, 6) is 0.318. The highest BCUT2D eigenvalue weighted by Gasteiger charge is 2.29. The van der Waals surface area contributed by atoms with Gasteiger partial charge in [-0.25, -0.2) is 0 Å². The van der Waals surface area contributed by atoms with Gasteiger partial charge in [0, 0.05) is 41.9 Å². The number of carbonyl (C=O) groups is 1. The summed E-state index contributed by atoms with van der Waals surface area (Å²) in [4.78, 5) is 18.4. The molecular formula is C25H34N4O2. The molecule has 1 aliphatic carbocycles. The largest absolute Gasteiger partial charge is 0.383 e. The van der Waals surface area contributed by atoms with Gasteiger partial charge < -0.3 is 14.6 Å². The number of hydrogen-bond donors (Lipinski definition) is 2. The van der Waals surface area contributed by atoms with E-state index in [2.05, 4.69) is 48.9 Å². The molecule has 166 valence electrons. The smallest absolute Gasteiger partial charge is 0.254 e. The van der Waals surface area contributed by atoms with E-state index in [0.29, 0.717) is 23.5 Å². The number of rotatable bonds is 6. The van der Waals surface area contributed by atoms with Gasteiger partial charge in [-0.3, -0.25) is 9.89 Å². The minimum atomic E-state index is 0.00757. The van der Waals surface area contributed by atoms with Crippen molar-refractivity contribution in [3.05, 3.63) is 41.1 Å². The Balaban J connectivity index is 1.63. The Bertz CT molecular complexity index is 1090. The number of nitrogens with zero attached hydrogens (tertiary/aromatic N) is 2. The van der Waals surface area contributed by atoms with Crippen molar-refractivity contribution >= 4 is 16.8 Å². The highest BCUT2D eigenvalue weighted by Crippen LogP contribution is 2.38. The number of ether oxygens (including phenoxy) is 1. The number of amides is 1. The number of carbonyl (C=O) groups excluding carboxylic acids is 1. The molecule has 0 fully saturated rings. The van der Waals surface area contributed by atoms with Crippen molar-refractivity contribution in [3.63, 3.8) is 0 Å². The van der Waals surface area contributed by atoms with E-state index in [0.717, 1.165) is 41.6 Å². The second-order valence-corrected chi connectivity index (χ2v) is 10.0. The first-order chi connectivity index (χ1) is 14.7. The third-order valence-corrected chi connectivity index (χ3v) is 6.71. The molecule has 1 atom stereocenters. The zero-order valence-corrected chi connectivity index (χ0v) is 19.5. The Kier molecular flexibility index (Phi) is 5.69. The van der Waals surface area contributed by atoms with E-state index in [1.807, 2.05) is 25.2 Å². The summed E-state index contributed by atoms with van der Waals surface area (Å²) in [5.41, 5.74) is 6.53. The molecule has 0 aliphatic heterocycles. The topological polar surface area (TPSA) is 74.0 Å². The molecule has 2 aromatic heterocycles. The van der Waals surface area contributed by atoms with Crippen LogP contribution >= 0.6 is 0 Å². The number of aromatic amines is 2. The minimum absolute atomic E-state index is 0.00757. The average Bonchev–Trinajstić information content (AvgIpc) is 3.32. The Hall–Kier alpha value is -2.60. The lowest BCUT2D eigenvalue weighted by molar-refractivity contribution is 0.0512. The molecule has 31 heavy (non-hydrogen) atoms. The van der Waals surface area contributed by atoms with Crippen LogP contribution in [-0.4, -0.2) is 52.8 Å². The van der Waals surface area contributed by atoms with Crippen LogP contribution in [0.3, 0.4) is 0 Å². The van der Waals surface area contributed by atoms with Crippen molar-refractivity contribution in [1.29, 1.82) is 0 Å². The van der Waals surface area contributed by atoms with Gasteiger partial charge in [0.2, 0.25) is 0 Å². The van der Waals surface area contributed by atoms with Crippen LogP contribution in [0.1, 0.15) is 55.7 Å². The number of hydrogen-bond acceptors (Lipinski definition) is 3. The second kappa shape index (κ2) is 8.15. The fourth-order valence-corrected chi connectivity index (χ4v) is 4.73. The number of fused-ring (bicyclic) bond motifs is 2. The quantitative estimate of drug-likeness (QED) is 0.598. The van der Waals surface area contributed by atoms with Gasteiger partial charge in [0.15, 0.2) is 0 Å². The van der Waals surface area contributed by atoms with Gasteiger partial charge in [-0.05, 0) is 48.8 Å². The van der Waals surface area contributed by atoms with Crippen molar-refractivity contribution in [2.24, 2.45) is 11.3 Å². The van der Waals surface area contributed by atoms with Gasteiger partial charge >= 0.3 is 0 Å². The molecule has 1 amide bonds. The van der Waals surface area contributed by atoms with Crippen LogP contribution in [0.25, 0.3) is 22.3 Å². The Morgan fingerprint density at radius 1 is 1.29 bits per heavy atom. The van der Waals surface area contributed by atoms with Crippen molar-refractivity contribution in [3.8, 4) is 11.4 Å². The predicted molar refractivity (Wildman–Crippen MR) is 124 cm³/mol. The summed E-state index contributed by atoms with van der Waals surface area (Å²) in [5, 5.41) is 8.98. The molecule has 4 rings (SSSR count). The molecule has 6 nitrogen and oxygen atoms in total. The molecule has 1 unspecified atom stereocenters. The Morgan fingerprint density at radius 2 is 2.06 bits per heavy atom. The highest BCUT2D eigenvalue weighted by atomic mass is 16.5. The molecule has 1 aromatic carbocycles. The Morgan fingerprint density at radius 3 is 2.77 bits per heavy atom. The maximum absolute atomic E-state index is 13.1. The fourth-order valence-electron chi connectivity index (χ4n) is 4.73. The zero-order chi connectivity index (χ0) is 22.3. The molecule has 2 N–H and O–H groups in total. The van der Waals surface area contributed by atoms with Gasteiger partial charge in [0.05, 0.1) is 18.3 Å². The second-order valence-electron chi connectivity index (χ2n) is 10.0. The molecule has 2 heterocycles. The van der Waals surface area contributed by atoms with Crippen LogP contribution in [0.15, 0.2) is 24.3 Å². The third kappa shape index (κ3) is 4.13. The number of aromatic nitrogens is 3. The van der Waals surface area contributed by atoms with Crippen LogP contribution < -0.4 is 0 Å². The van der Waals surface area contributed by atoms with Crippen molar-refractivity contribution in [2.45, 2.75) is 53.0 Å². The van der Waals surface area contributed by atoms with E-state index in [4.69, 9.17) is 4.74 Å². The lowest BCUT2D eigenvalue weighted by Crippen LogP contribution is -2.43. The molecule has 0 bridgehead atoms. The van der Waals surface area contributed by atoms with E-state index in [1.165, 1.54) is 11.3 Å². The molecule has 0 radical (unpaired) electrons. The summed E-state index contributed by atoms with van der Waals surface area (Å²) >= 11 is 0. The molecule has 1 aliphatic rings. The van der Waals surface area contributed by atoms with Crippen molar-refractivity contribution in [2.75, 3.05) is 20.8 Å². The first kappa shape index (κ1) is 21.6. The van der Waals surface area contributed by atoms with Crippen molar-refractivity contribution in [1.82, 2.24) is 20.1 Å². The standard InChI is InChI=1S/C25H34N4O2/c1-15(2)22(14-31-6)29(5)24(30)17-8-7-16-11-20(26-19(16)12-17)23-18-9-10-25(3,4)13-21(18)27-28-23/h7-8,11-12,15,22,26H,9-10,13-14H2,1-6H3,(H,27,28). The van der Waals surface area contributed by atoms with Crippen LogP contribution in [-0.2, 0) is 17.6 Å². The van der Waals surface area contributed by atoms with E-state index in [1.54, 1.807) is 12.0 Å². The normalized spacial score (nSPS) is 16.5. The van der Waals surface area contributed by atoms with E-state index in [-0.39, 0.29) is 11.9 Å². The number of benzene rings is 1. The van der Waals surface area contributed by atoms with Crippen LogP contribution in [0.2, 0.25) is 0 Å². The molecule has 6 heteroatoms.